The number of H-pyrrole nitrogens is 1. The van der Waals surface area contributed by atoms with Crippen molar-refractivity contribution in [2.24, 2.45) is 5.92 Å². The molecule has 1 N–H and O–H groups in total. The average molecular weight is 263 g/mol. The number of hydrogen-bond donors (Lipinski definition) is 1. The molecule has 0 atom stereocenters. The van der Waals surface area contributed by atoms with Crippen molar-refractivity contribution < 1.29 is 4.52 Å². The first-order valence-corrected chi connectivity index (χ1v) is 6.70. The molecule has 0 saturated carbocycles. The predicted molar refractivity (Wildman–Crippen MR) is 67.6 cm³/mol. The van der Waals surface area contributed by atoms with Crippen LogP contribution in [-0.4, -0.2) is 26.1 Å². The van der Waals surface area contributed by atoms with Crippen LogP contribution in [0.5, 0.6) is 0 Å². The van der Waals surface area contributed by atoms with Crippen LogP contribution >= 0.6 is 11.8 Å². The first-order chi connectivity index (χ1) is 8.70. The van der Waals surface area contributed by atoms with Gasteiger partial charge >= 0.3 is 0 Å². The summed E-state index contributed by atoms with van der Waals surface area (Å²) < 4.78 is 5.12. The molecule has 0 aliphatic carbocycles. The van der Waals surface area contributed by atoms with E-state index in [-0.39, 0.29) is 0 Å². The number of thioether (sulfide) groups is 1. The second-order valence-electron chi connectivity index (χ2n) is 4.20. The summed E-state index contributed by atoms with van der Waals surface area (Å²) in [5, 5.41) is 19.1. The van der Waals surface area contributed by atoms with E-state index in [1.54, 1.807) is 11.8 Å². The third kappa shape index (κ3) is 2.90. The van der Waals surface area contributed by atoms with Crippen molar-refractivity contribution in [3.8, 4) is 17.5 Å². The standard InChI is InChI=1S/C11H13N5OS/c1-7(2)5-18-6-10-14-11(17-16-10)8-4-13-15-9(8)3-12/h4,7H,5-6H2,1-2H3,(H,13,15). The lowest BCUT2D eigenvalue weighted by atomic mass is 10.2. The van der Waals surface area contributed by atoms with E-state index in [1.807, 2.05) is 6.07 Å². The second-order valence-corrected chi connectivity index (χ2v) is 5.23. The number of hydrogen-bond acceptors (Lipinski definition) is 6. The zero-order valence-corrected chi connectivity index (χ0v) is 11.0. The Balaban J connectivity index is 2.05. The van der Waals surface area contributed by atoms with Crippen molar-refractivity contribution in [1.82, 2.24) is 20.3 Å². The van der Waals surface area contributed by atoms with Gasteiger partial charge in [-0.1, -0.05) is 19.0 Å². The van der Waals surface area contributed by atoms with Gasteiger partial charge in [0.2, 0.25) is 0 Å². The van der Waals surface area contributed by atoms with Crippen molar-refractivity contribution in [3.05, 3.63) is 17.7 Å². The number of nitrogens with zero attached hydrogens (tertiary/aromatic N) is 4. The van der Waals surface area contributed by atoms with Gasteiger partial charge in [-0.15, -0.1) is 0 Å². The highest BCUT2D eigenvalue weighted by atomic mass is 32.2. The molecule has 0 aliphatic heterocycles. The molecule has 2 heterocycles. The van der Waals surface area contributed by atoms with Gasteiger partial charge in [-0.2, -0.15) is 27.1 Å². The van der Waals surface area contributed by atoms with Crippen molar-refractivity contribution in [3.63, 3.8) is 0 Å². The van der Waals surface area contributed by atoms with Crippen LogP contribution in [0.4, 0.5) is 0 Å². The molecular weight excluding hydrogens is 250 g/mol. The highest BCUT2D eigenvalue weighted by Gasteiger charge is 2.14. The highest BCUT2D eigenvalue weighted by molar-refractivity contribution is 7.98. The zero-order chi connectivity index (χ0) is 13.0. The molecule has 0 radical (unpaired) electrons. The summed E-state index contributed by atoms with van der Waals surface area (Å²) in [6, 6.07) is 1.99. The molecule has 0 aliphatic rings. The van der Waals surface area contributed by atoms with Crippen LogP contribution in [0.3, 0.4) is 0 Å². The molecule has 2 aromatic heterocycles. The summed E-state index contributed by atoms with van der Waals surface area (Å²) in [5.74, 6) is 3.38. The van der Waals surface area contributed by atoms with Crippen molar-refractivity contribution in [2.75, 3.05) is 5.75 Å². The van der Waals surface area contributed by atoms with E-state index in [4.69, 9.17) is 9.78 Å². The number of aromatic amines is 1. The van der Waals surface area contributed by atoms with Gasteiger partial charge in [0.25, 0.3) is 5.89 Å². The van der Waals surface area contributed by atoms with Gasteiger partial charge in [0.15, 0.2) is 5.82 Å². The maximum Gasteiger partial charge on any atom is 0.262 e. The van der Waals surface area contributed by atoms with Gasteiger partial charge in [-0.05, 0) is 11.7 Å². The summed E-state index contributed by atoms with van der Waals surface area (Å²) in [4.78, 5) is 4.25. The van der Waals surface area contributed by atoms with Crippen LogP contribution in [-0.2, 0) is 5.75 Å². The molecular formula is C11H13N5OS. The van der Waals surface area contributed by atoms with Crippen LogP contribution in [0.1, 0.15) is 25.4 Å². The number of nitriles is 1. The molecule has 0 amide bonds. The Morgan fingerprint density at radius 3 is 3.11 bits per heavy atom. The molecule has 94 valence electrons. The largest absolute Gasteiger partial charge is 0.334 e. The van der Waals surface area contributed by atoms with Crippen molar-refractivity contribution in [1.29, 1.82) is 5.26 Å². The normalized spacial score (nSPS) is 10.8. The first kappa shape index (κ1) is 12.6. The molecule has 6 nitrogen and oxygen atoms in total. The Bertz CT molecular complexity index is 554. The van der Waals surface area contributed by atoms with Gasteiger partial charge in [-0.25, -0.2) is 0 Å². The molecule has 0 unspecified atom stereocenters. The second kappa shape index (κ2) is 5.69. The van der Waals surface area contributed by atoms with Gasteiger partial charge in [0.05, 0.1) is 17.5 Å². The lowest BCUT2D eigenvalue weighted by molar-refractivity contribution is 0.425. The summed E-state index contributed by atoms with van der Waals surface area (Å²) in [6.45, 7) is 4.33. The Kier molecular flexibility index (Phi) is 3.99. The van der Waals surface area contributed by atoms with Crippen LogP contribution in [0.2, 0.25) is 0 Å². The van der Waals surface area contributed by atoms with Gasteiger partial charge in [-0.3, -0.25) is 5.10 Å². The molecule has 18 heavy (non-hydrogen) atoms. The molecule has 0 saturated heterocycles. The molecule has 0 bridgehead atoms. The van der Waals surface area contributed by atoms with E-state index in [1.165, 1.54) is 6.20 Å². The Morgan fingerprint density at radius 2 is 2.39 bits per heavy atom. The lowest BCUT2D eigenvalue weighted by Crippen LogP contribution is -1.92. The number of nitrogens with one attached hydrogen (secondary N) is 1. The summed E-state index contributed by atoms with van der Waals surface area (Å²) in [7, 11) is 0. The number of aromatic nitrogens is 4. The fraction of sp³-hybridized carbons (Fsp3) is 0.455. The lowest BCUT2D eigenvalue weighted by Gasteiger charge is -2.00. The third-order valence-electron chi connectivity index (χ3n) is 2.13. The SMILES string of the molecule is CC(C)CSCc1noc(-c2cn[nH]c2C#N)n1. The minimum absolute atomic E-state index is 0.333. The number of rotatable bonds is 5. The van der Waals surface area contributed by atoms with Crippen molar-refractivity contribution in [2.45, 2.75) is 19.6 Å². The fourth-order valence-corrected chi connectivity index (χ4v) is 2.23. The summed E-state index contributed by atoms with van der Waals surface area (Å²) in [6.07, 6.45) is 1.51. The summed E-state index contributed by atoms with van der Waals surface area (Å²) in [5.41, 5.74) is 0.880. The summed E-state index contributed by atoms with van der Waals surface area (Å²) >= 11 is 1.76. The molecule has 0 spiro atoms. The van der Waals surface area contributed by atoms with E-state index in [2.05, 4.69) is 34.2 Å². The van der Waals surface area contributed by atoms with E-state index >= 15 is 0 Å². The van der Waals surface area contributed by atoms with E-state index in [0.29, 0.717) is 34.6 Å². The topological polar surface area (TPSA) is 91.4 Å². The smallest absolute Gasteiger partial charge is 0.262 e. The minimum atomic E-state index is 0.333. The minimum Gasteiger partial charge on any atom is -0.334 e. The van der Waals surface area contributed by atoms with E-state index in [9.17, 15) is 0 Å². The van der Waals surface area contributed by atoms with Crippen LogP contribution < -0.4 is 0 Å². The van der Waals surface area contributed by atoms with Gasteiger partial charge in [0, 0.05) is 0 Å². The molecule has 2 rings (SSSR count). The predicted octanol–water partition coefficient (Wildman–Crippen LogP) is 2.22. The van der Waals surface area contributed by atoms with Crippen molar-refractivity contribution >= 4 is 11.8 Å². The highest BCUT2D eigenvalue weighted by Crippen LogP contribution is 2.21. The van der Waals surface area contributed by atoms with Crippen LogP contribution in [0.15, 0.2) is 10.7 Å². The quantitative estimate of drug-likeness (QED) is 0.889. The van der Waals surface area contributed by atoms with Crippen LogP contribution in [0.25, 0.3) is 11.5 Å². The molecule has 0 aromatic carbocycles. The van der Waals surface area contributed by atoms with E-state index in [0.717, 1.165) is 5.75 Å². The fourth-order valence-electron chi connectivity index (χ4n) is 1.34. The van der Waals surface area contributed by atoms with Gasteiger partial charge < -0.3 is 4.52 Å². The molecule has 7 heteroatoms. The Hall–Kier alpha value is -1.81. The Morgan fingerprint density at radius 1 is 1.56 bits per heavy atom. The molecule has 0 fully saturated rings. The average Bonchev–Trinajstić information content (AvgIpc) is 2.95. The first-order valence-electron chi connectivity index (χ1n) is 5.55. The zero-order valence-electron chi connectivity index (χ0n) is 10.2. The third-order valence-corrected chi connectivity index (χ3v) is 3.50. The molecule has 2 aromatic rings. The monoisotopic (exact) mass is 263 g/mol. The van der Waals surface area contributed by atoms with Crippen LogP contribution in [0, 0.1) is 17.2 Å². The maximum atomic E-state index is 8.86. The van der Waals surface area contributed by atoms with E-state index < -0.39 is 0 Å². The van der Waals surface area contributed by atoms with Gasteiger partial charge in [0.1, 0.15) is 11.8 Å². The maximum absolute atomic E-state index is 8.86. The Labute approximate surface area is 109 Å².